The Kier molecular flexibility index (Phi) is 8.09. The zero-order valence-corrected chi connectivity index (χ0v) is 16.9. The van der Waals surface area contributed by atoms with Crippen LogP contribution in [0.25, 0.3) is 5.57 Å². The number of nitrogens with zero attached hydrogens (tertiary/aromatic N) is 5. The standard InChI is InChI=1S/C12H15N5OS3.C2H2O4/c1-3-18-10-12(16-21-14-10)19-11-9(13-20-15-11)8-5-4-6-17(2)7-8;3-1(4)2(5)6/h5H,3-4,6-7H2,1-2H3;(H,3,4)(H,5,6). The van der Waals surface area contributed by atoms with E-state index in [0.29, 0.717) is 12.5 Å². The molecule has 2 N–H and O–H groups in total. The van der Waals surface area contributed by atoms with Gasteiger partial charge in [-0.1, -0.05) is 6.08 Å². The molecule has 0 saturated carbocycles. The molecule has 1 aliphatic heterocycles. The van der Waals surface area contributed by atoms with Crippen LogP contribution < -0.4 is 4.74 Å². The van der Waals surface area contributed by atoms with Gasteiger partial charge < -0.3 is 19.8 Å². The Labute approximate surface area is 167 Å². The van der Waals surface area contributed by atoms with E-state index in [0.717, 1.165) is 47.0 Å². The van der Waals surface area contributed by atoms with Crippen molar-refractivity contribution in [1.29, 1.82) is 0 Å². The molecular weight excluding hydrogens is 414 g/mol. The molecule has 0 bridgehead atoms. The Hall–Kier alpha value is -2.09. The summed E-state index contributed by atoms with van der Waals surface area (Å²) in [7, 11) is 2.12. The largest absolute Gasteiger partial charge is 0.475 e. The molecule has 0 radical (unpaired) electrons. The van der Waals surface area contributed by atoms with Crippen molar-refractivity contribution in [2.45, 2.75) is 23.4 Å². The number of rotatable bonds is 5. The summed E-state index contributed by atoms with van der Waals surface area (Å²) in [6.45, 7) is 4.52. The van der Waals surface area contributed by atoms with E-state index in [1.54, 1.807) is 0 Å². The molecule has 2 aromatic rings. The smallest absolute Gasteiger partial charge is 0.414 e. The molecule has 3 heterocycles. The fourth-order valence-corrected chi connectivity index (χ4v) is 4.22. The van der Waals surface area contributed by atoms with Gasteiger partial charge in [0.15, 0.2) is 5.03 Å². The van der Waals surface area contributed by atoms with Crippen LogP contribution in [0.15, 0.2) is 16.1 Å². The lowest BCUT2D eigenvalue weighted by molar-refractivity contribution is -0.159. The molecule has 13 heteroatoms. The van der Waals surface area contributed by atoms with Gasteiger partial charge in [-0.25, -0.2) is 9.59 Å². The first-order valence-corrected chi connectivity index (χ1v) is 10.00. The summed E-state index contributed by atoms with van der Waals surface area (Å²) >= 11 is 3.87. The van der Waals surface area contributed by atoms with Gasteiger partial charge in [0.25, 0.3) is 5.88 Å². The highest BCUT2D eigenvalue weighted by atomic mass is 32.2. The van der Waals surface area contributed by atoms with Crippen LogP contribution >= 0.6 is 35.2 Å². The first kappa shape index (κ1) is 21.2. The van der Waals surface area contributed by atoms with Gasteiger partial charge in [-0.05, 0) is 37.7 Å². The number of carboxylic acid groups (broad SMARTS) is 2. The summed E-state index contributed by atoms with van der Waals surface area (Å²) < 4.78 is 22.8. The number of carboxylic acids is 2. The minimum atomic E-state index is -1.82. The van der Waals surface area contributed by atoms with Crippen molar-refractivity contribution < 1.29 is 24.5 Å². The van der Waals surface area contributed by atoms with Crippen LogP contribution in [0.5, 0.6) is 5.88 Å². The summed E-state index contributed by atoms with van der Waals surface area (Å²) in [5.41, 5.74) is 2.20. The zero-order valence-electron chi connectivity index (χ0n) is 14.5. The van der Waals surface area contributed by atoms with Crippen LogP contribution in [0, 0.1) is 0 Å². The van der Waals surface area contributed by atoms with Crippen molar-refractivity contribution in [3.8, 4) is 5.88 Å². The van der Waals surface area contributed by atoms with E-state index in [9.17, 15) is 0 Å². The number of ether oxygens (including phenoxy) is 1. The second-order valence-corrected chi connectivity index (χ2v) is 7.23. The predicted octanol–water partition coefficient (Wildman–Crippen LogP) is 1.81. The van der Waals surface area contributed by atoms with E-state index < -0.39 is 11.9 Å². The van der Waals surface area contributed by atoms with E-state index in [1.807, 2.05) is 6.92 Å². The van der Waals surface area contributed by atoms with E-state index in [4.69, 9.17) is 24.5 Å². The van der Waals surface area contributed by atoms with Gasteiger partial charge in [0.2, 0.25) is 0 Å². The number of aliphatic carboxylic acids is 2. The van der Waals surface area contributed by atoms with Crippen LogP contribution in [0.1, 0.15) is 19.0 Å². The number of likely N-dealkylation sites (N-methyl/N-ethyl adjacent to an activating group) is 1. The molecule has 3 rings (SSSR count). The first-order valence-electron chi connectivity index (χ1n) is 7.72. The molecule has 0 saturated heterocycles. The lowest BCUT2D eigenvalue weighted by Crippen LogP contribution is -2.25. The summed E-state index contributed by atoms with van der Waals surface area (Å²) in [6, 6.07) is 0. The second kappa shape index (κ2) is 10.3. The topological polar surface area (TPSA) is 139 Å². The predicted molar refractivity (Wildman–Crippen MR) is 100 cm³/mol. The monoisotopic (exact) mass is 431 g/mol. The van der Waals surface area contributed by atoms with Crippen molar-refractivity contribution in [2.75, 3.05) is 26.7 Å². The first-order chi connectivity index (χ1) is 12.9. The molecule has 0 unspecified atom stereocenters. The van der Waals surface area contributed by atoms with E-state index in [-0.39, 0.29) is 0 Å². The number of aromatic nitrogens is 4. The lowest BCUT2D eigenvalue weighted by atomic mass is 10.1. The van der Waals surface area contributed by atoms with E-state index in [2.05, 4.69) is 35.5 Å². The molecular formula is C14H17N5O5S3. The lowest BCUT2D eigenvalue weighted by Gasteiger charge is -2.22. The quantitative estimate of drug-likeness (QED) is 0.670. The van der Waals surface area contributed by atoms with Crippen molar-refractivity contribution in [1.82, 2.24) is 22.4 Å². The maximum absolute atomic E-state index is 9.10. The third-order valence-electron chi connectivity index (χ3n) is 3.19. The molecule has 0 spiro atoms. The van der Waals surface area contributed by atoms with Gasteiger partial charge in [0, 0.05) is 13.1 Å². The molecule has 0 aromatic carbocycles. The fourth-order valence-electron chi connectivity index (χ4n) is 2.06. The molecule has 146 valence electrons. The summed E-state index contributed by atoms with van der Waals surface area (Å²) in [6.07, 6.45) is 3.31. The molecule has 0 aliphatic carbocycles. The zero-order chi connectivity index (χ0) is 19.8. The Morgan fingerprint density at radius 2 is 1.85 bits per heavy atom. The van der Waals surface area contributed by atoms with Crippen LogP contribution in [0.4, 0.5) is 0 Å². The average molecular weight is 432 g/mol. The van der Waals surface area contributed by atoms with Crippen molar-refractivity contribution in [3.63, 3.8) is 0 Å². The number of hydrogen-bond donors (Lipinski definition) is 2. The molecule has 2 aromatic heterocycles. The Morgan fingerprint density at radius 3 is 2.48 bits per heavy atom. The summed E-state index contributed by atoms with van der Waals surface area (Å²) in [5.74, 6) is -3.06. The van der Waals surface area contributed by atoms with Gasteiger partial charge >= 0.3 is 11.9 Å². The maximum atomic E-state index is 9.10. The molecule has 0 amide bonds. The minimum Gasteiger partial charge on any atom is -0.475 e. The normalized spacial score (nSPS) is 14.1. The van der Waals surface area contributed by atoms with Crippen molar-refractivity contribution >= 4 is 52.7 Å². The molecule has 27 heavy (non-hydrogen) atoms. The molecule has 10 nitrogen and oxygen atoms in total. The highest BCUT2D eigenvalue weighted by Gasteiger charge is 2.21. The van der Waals surface area contributed by atoms with Gasteiger partial charge in [0.05, 0.1) is 30.1 Å². The summed E-state index contributed by atoms with van der Waals surface area (Å²) in [5, 5.41) is 16.4. The summed E-state index contributed by atoms with van der Waals surface area (Å²) in [4.78, 5) is 20.5. The van der Waals surface area contributed by atoms with E-state index in [1.165, 1.54) is 29.1 Å². The van der Waals surface area contributed by atoms with Gasteiger partial charge in [-0.3, -0.25) is 0 Å². The maximum Gasteiger partial charge on any atom is 0.414 e. The van der Waals surface area contributed by atoms with Crippen molar-refractivity contribution in [3.05, 3.63) is 11.8 Å². The molecule has 0 fully saturated rings. The Morgan fingerprint density at radius 1 is 1.19 bits per heavy atom. The second-order valence-electron chi connectivity index (χ2n) is 5.19. The number of hydrogen-bond acceptors (Lipinski definition) is 11. The Bertz CT molecular complexity index is 810. The van der Waals surface area contributed by atoms with Crippen LogP contribution in [0.3, 0.4) is 0 Å². The highest BCUT2D eigenvalue weighted by Crippen LogP contribution is 2.36. The van der Waals surface area contributed by atoms with Gasteiger partial charge in [-0.2, -0.15) is 13.1 Å². The number of carbonyl (C=O) groups is 2. The third kappa shape index (κ3) is 6.23. The fraction of sp³-hybridized carbons (Fsp3) is 0.429. The SMILES string of the molecule is CCOc1nsnc1Sc1nsnc1C1=CCCN(C)C1.O=C(O)C(=O)O. The molecule has 1 aliphatic rings. The van der Waals surface area contributed by atoms with Gasteiger partial charge in [0.1, 0.15) is 10.7 Å². The Balaban J connectivity index is 0.000000380. The van der Waals surface area contributed by atoms with E-state index >= 15 is 0 Å². The van der Waals surface area contributed by atoms with Crippen LogP contribution in [-0.4, -0.2) is 71.3 Å². The van der Waals surface area contributed by atoms with Crippen LogP contribution in [0.2, 0.25) is 0 Å². The minimum absolute atomic E-state index is 0.580. The van der Waals surface area contributed by atoms with Crippen LogP contribution in [-0.2, 0) is 9.59 Å². The average Bonchev–Trinajstić information content (AvgIpc) is 3.26. The molecule has 0 atom stereocenters. The highest BCUT2D eigenvalue weighted by molar-refractivity contribution is 7.99. The van der Waals surface area contributed by atoms with Crippen molar-refractivity contribution in [2.24, 2.45) is 0 Å². The third-order valence-corrected chi connectivity index (χ3v) is 5.40. The van der Waals surface area contributed by atoms with Gasteiger partial charge in [-0.15, -0.1) is 4.37 Å².